The number of alkyl halides is 2. The van der Waals surface area contributed by atoms with Crippen molar-refractivity contribution in [1.82, 2.24) is 4.57 Å². The highest BCUT2D eigenvalue weighted by Gasteiger charge is 2.17. The maximum atomic E-state index is 12.7. The Morgan fingerprint density at radius 1 is 1.31 bits per heavy atom. The molecule has 0 atom stereocenters. The Morgan fingerprint density at radius 3 is 2.69 bits per heavy atom. The smallest absolute Gasteiger partial charge is 0.349 e. The van der Waals surface area contributed by atoms with Gasteiger partial charge in [0.05, 0.1) is 12.3 Å². The number of carbonyl (C=O) groups is 2. The number of hydrogen-bond acceptors (Lipinski definition) is 6. The van der Waals surface area contributed by atoms with Crippen LogP contribution in [-0.2, 0) is 25.6 Å². The third-order valence-electron chi connectivity index (χ3n) is 4.48. The molecule has 10 heteroatoms. The van der Waals surface area contributed by atoms with Gasteiger partial charge in [-0.1, -0.05) is 23.9 Å². The van der Waals surface area contributed by atoms with Gasteiger partial charge in [0.1, 0.15) is 11.6 Å². The number of esters is 1. The van der Waals surface area contributed by atoms with Crippen LogP contribution in [0.2, 0.25) is 0 Å². The number of nitrogens with one attached hydrogen (secondary N) is 1. The number of thioether (sulfide) groups is 1. The molecule has 0 aliphatic heterocycles. The summed E-state index contributed by atoms with van der Waals surface area (Å²) in [6, 6.07) is 9.67. The lowest BCUT2D eigenvalue weighted by Crippen LogP contribution is -2.21. The number of amides is 1. The third-order valence-corrected chi connectivity index (χ3v) is 5.27. The number of aryl methyl sites for hydroxylation is 1. The quantitative estimate of drug-likeness (QED) is 0.246. The molecule has 0 spiro atoms. The lowest BCUT2D eigenvalue weighted by Gasteiger charge is -2.10. The number of para-hydroxylation sites is 1. The molecule has 170 valence electrons. The van der Waals surface area contributed by atoms with Gasteiger partial charge in [0.15, 0.2) is 6.61 Å². The molecule has 32 heavy (non-hydrogen) atoms. The highest BCUT2D eigenvalue weighted by molar-refractivity contribution is 7.99. The summed E-state index contributed by atoms with van der Waals surface area (Å²) in [6.45, 7) is 4.23. The van der Waals surface area contributed by atoms with Crippen molar-refractivity contribution in [2.75, 3.05) is 25.6 Å². The van der Waals surface area contributed by atoms with E-state index in [1.54, 1.807) is 25.3 Å². The Kier molecular flexibility index (Phi) is 9.43. The first-order valence-corrected chi connectivity index (χ1v) is 10.4. The van der Waals surface area contributed by atoms with E-state index in [1.165, 1.54) is 18.2 Å². The van der Waals surface area contributed by atoms with Crippen molar-refractivity contribution in [1.29, 1.82) is 5.26 Å². The average Bonchev–Trinajstić information content (AvgIpc) is 3.02. The summed E-state index contributed by atoms with van der Waals surface area (Å²) in [5.74, 6) is -4.32. The SMILES string of the molecule is COCCn1c(C)cc(/C=C(\C#N)C(=O)OCC(=O)Nc2ccccc2SC(F)F)c1C. The van der Waals surface area contributed by atoms with E-state index < -0.39 is 24.2 Å². The number of benzene rings is 1. The molecule has 0 radical (unpaired) electrons. The van der Waals surface area contributed by atoms with Gasteiger partial charge in [-0.2, -0.15) is 14.0 Å². The molecule has 0 bridgehead atoms. The first kappa shape index (κ1) is 25.1. The zero-order valence-electron chi connectivity index (χ0n) is 17.9. The molecule has 2 rings (SSSR count). The summed E-state index contributed by atoms with van der Waals surface area (Å²) in [7, 11) is 1.60. The summed E-state index contributed by atoms with van der Waals surface area (Å²) in [5, 5.41) is 11.8. The molecular weight excluding hydrogens is 440 g/mol. The lowest BCUT2D eigenvalue weighted by atomic mass is 10.1. The van der Waals surface area contributed by atoms with Crippen LogP contribution in [0, 0.1) is 25.2 Å². The second-order valence-electron chi connectivity index (χ2n) is 6.64. The van der Waals surface area contributed by atoms with Gasteiger partial charge in [0.2, 0.25) is 0 Å². The Hall–Kier alpha value is -3.16. The van der Waals surface area contributed by atoms with Gasteiger partial charge in [-0.05, 0) is 43.7 Å². The monoisotopic (exact) mass is 463 g/mol. The van der Waals surface area contributed by atoms with Gasteiger partial charge in [-0.25, -0.2) is 4.79 Å². The fourth-order valence-corrected chi connectivity index (χ4v) is 3.55. The fraction of sp³-hybridized carbons (Fsp3) is 0.318. The first-order valence-electron chi connectivity index (χ1n) is 9.55. The fourth-order valence-electron chi connectivity index (χ4n) is 2.96. The molecule has 7 nitrogen and oxygen atoms in total. The van der Waals surface area contributed by atoms with E-state index in [4.69, 9.17) is 9.47 Å². The Bertz CT molecular complexity index is 1040. The molecule has 2 aromatic rings. The standard InChI is InChI=1S/C22H23F2N3O4S/c1-14-10-16(15(2)27(14)8-9-30-3)11-17(12-25)21(29)31-13-20(28)26-18-6-4-5-7-19(18)32-22(23)24/h4-7,10-11,22H,8-9,13H2,1-3H3,(H,26,28)/b17-11+. The van der Waals surface area contributed by atoms with Gasteiger partial charge in [-0.15, -0.1) is 0 Å². The molecule has 0 aliphatic carbocycles. The van der Waals surface area contributed by atoms with Gasteiger partial charge >= 0.3 is 5.97 Å². The number of aromatic nitrogens is 1. The van der Waals surface area contributed by atoms with Crippen LogP contribution in [0.3, 0.4) is 0 Å². The van der Waals surface area contributed by atoms with Crippen molar-refractivity contribution in [3.05, 3.63) is 52.9 Å². The number of carbonyl (C=O) groups excluding carboxylic acids is 2. The molecule has 1 heterocycles. The molecule has 0 saturated heterocycles. The first-order chi connectivity index (χ1) is 15.3. The van der Waals surface area contributed by atoms with Crippen molar-refractivity contribution in [2.24, 2.45) is 0 Å². The highest BCUT2D eigenvalue weighted by Crippen LogP contribution is 2.31. The van der Waals surface area contributed by atoms with Crippen LogP contribution in [0.15, 0.2) is 40.8 Å². The van der Waals surface area contributed by atoms with Crippen molar-refractivity contribution in [3.63, 3.8) is 0 Å². The van der Waals surface area contributed by atoms with Gasteiger partial charge in [0.25, 0.3) is 11.7 Å². The number of nitriles is 1. The molecule has 0 aliphatic rings. The van der Waals surface area contributed by atoms with E-state index in [9.17, 15) is 23.6 Å². The van der Waals surface area contributed by atoms with Crippen LogP contribution in [0.25, 0.3) is 6.08 Å². The van der Waals surface area contributed by atoms with Gasteiger partial charge in [-0.3, -0.25) is 4.79 Å². The zero-order chi connectivity index (χ0) is 23.7. The van der Waals surface area contributed by atoms with Crippen LogP contribution in [-0.4, -0.2) is 42.5 Å². The van der Waals surface area contributed by atoms with E-state index in [-0.39, 0.29) is 16.2 Å². The molecule has 0 unspecified atom stereocenters. The molecule has 0 saturated carbocycles. The second-order valence-corrected chi connectivity index (χ2v) is 7.67. The summed E-state index contributed by atoms with van der Waals surface area (Å²) in [6.07, 6.45) is 1.40. The molecular formula is C22H23F2N3O4S. The van der Waals surface area contributed by atoms with Crippen molar-refractivity contribution < 1.29 is 27.8 Å². The minimum Gasteiger partial charge on any atom is -0.451 e. The normalized spacial score (nSPS) is 11.3. The largest absolute Gasteiger partial charge is 0.451 e. The van der Waals surface area contributed by atoms with Crippen molar-refractivity contribution in [3.8, 4) is 6.07 Å². The van der Waals surface area contributed by atoms with Crippen LogP contribution in [0.1, 0.15) is 17.0 Å². The topological polar surface area (TPSA) is 93.3 Å². The van der Waals surface area contributed by atoms with Crippen molar-refractivity contribution >= 4 is 35.4 Å². The van der Waals surface area contributed by atoms with E-state index in [1.807, 2.05) is 24.5 Å². The average molecular weight is 464 g/mol. The zero-order valence-corrected chi connectivity index (χ0v) is 18.7. The number of rotatable bonds is 10. The van der Waals surface area contributed by atoms with E-state index in [2.05, 4.69) is 5.32 Å². The summed E-state index contributed by atoms with van der Waals surface area (Å²) >= 11 is 0.293. The minimum absolute atomic E-state index is 0.179. The summed E-state index contributed by atoms with van der Waals surface area (Å²) in [4.78, 5) is 24.6. The number of nitrogens with zero attached hydrogens (tertiary/aromatic N) is 2. The number of ether oxygens (including phenoxy) is 2. The molecule has 0 fully saturated rings. The van der Waals surface area contributed by atoms with Crippen molar-refractivity contribution in [2.45, 2.75) is 31.0 Å². The maximum Gasteiger partial charge on any atom is 0.349 e. The predicted octanol–water partition coefficient (Wildman–Crippen LogP) is 4.15. The second kappa shape index (κ2) is 12.0. The number of hydrogen-bond donors (Lipinski definition) is 1. The molecule has 1 aromatic carbocycles. The maximum absolute atomic E-state index is 12.7. The van der Waals surface area contributed by atoms with Crippen LogP contribution in [0.5, 0.6) is 0 Å². The molecule has 1 aromatic heterocycles. The number of methoxy groups -OCH3 is 1. The lowest BCUT2D eigenvalue weighted by molar-refractivity contribution is -0.142. The number of anilines is 1. The number of halogens is 2. The van der Waals surface area contributed by atoms with Gasteiger partial charge < -0.3 is 19.4 Å². The highest BCUT2D eigenvalue weighted by atomic mass is 32.2. The summed E-state index contributed by atoms with van der Waals surface area (Å²) in [5.41, 5.74) is 2.38. The Morgan fingerprint density at radius 2 is 2.03 bits per heavy atom. The molecule has 1 amide bonds. The predicted molar refractivity (Wildman–Crippen MR) is 117 cm³/mol. The summed E-state index contributed by atoms with van der Waals surface area (Å²) < 4.78 is 37.3. The van der Waals surface area contributed by atoms with Crippen LogP contribution < -0.4 is 5.32 Å². The van der Waals surface area contributed by atoms with E-state index in [0.717, 1.165) is 11.4 Å². The minimum atomic E-state index is -2.65. The Labute approximate surface area is 189 Å². The van der Waals surface area contributed by atoms with Gasteiger partial charge in [0, 0.05) is 29.9 Å². The third kappa shape index (κ3) is 6.93. The van der Waals surface area contributed by atoms with Crippen LogP contribution >= 0.6 is 11.8 Å². The molecule has 1 N–H and O–H groups in total. The van der Waals surface area contributed by atoms with E-state index >= 15 is 0 Å². The van der Waals surface area contributed by atoms with E-state index in [0.29, 0.717) is 30.5 Å². The Balaban J connectivity index is 2.04. The van der Waals surface area contributed by atoms with Crippen LogP contribution in [0.4, 0.5) is 14.5 Å².